The van der Waals surface area contributed by atoms with Crippen LogP contribution in [0.4, 0.5) is 0 Å². The van der Waals surface area contributed by atoms with E-state index in [0.29, 0.717) is 13.0 Å². The third-order valence-electron chi connectivity index (χ3n) is 3.35. The summed E-state index contributed by atoms with van der Waals surface area (Å²) >= 11 is 1.50. The SMILES string of the molecule is Cc1ccccc1CC(=O)N(C)CC(O)c1cccs1. The van der Waals surface area contributed by atoms with Crippen molar-refractivity contribution in [2.75, 3.05) is 13.6 Å². The molecule has 1 aromatic carbocycles. The van der Waals surface area contributed by atoms with Gasteiger partial charge in [-0.3, -0.25) is 4.79 Å². The highest BCUT2D eigenvalue weighted by atomic mass is 32.1. The molecule has 2 rings (SSSR count). The quantitative estimate of drug-likeness (QED) is 0.919. The van der Waals surface area contributed by atoms with Crippen LogP contribution in [0.5, 0.6) is 0 Å². The molecule has 3 nitrogen and oxygen atoms in total. The van der Waals surface area contributed by atoms with Crippen molar-refractivity contribution in [3.05, 3.63) is 57.8 Å². The summed E-state index contributed by atoms with van der Waals surface area (Å²) < 4.78 is 0. The van der Waals surface area contributed by atoms with E-state index in [1.54, 1.807) is 11.9 Å². The van der Waals surface area contributed by atoms with Gasteiger partial charge in [-0.2, -0.15) is 0 Å². The monoisotopic (exact) mass is 289 g/mol. The number of aryl methyl sites for hydroxylation is 1. The molecule has 0 aliphatic heterocycles. The molecule has 0 saturated heterocycles. The van der Waals surface area contributed by atoms with Crippen LogP contribution in [0.1, 0.15) is 22.1 Å². The van der Waals surface area contributed by atoms with Crippen molar-refractivity contribution in [2.24, 2.45) is 0 Å². The van der Waals surface area contributed by atoms with Gasteiger partial charge in [0.05, 0.1) is 13.0 Å². The van der Waals surface area contributed by atoms with Crippen molar-refractivity contribution < 1.29 is 9.90 Å². The molecule has 0 bridgehead atoms. The maximum Gasteiger partial charge on any atom is 0.226 e. The smallest absolute Gasteiger partial charge is 0.226 e. The third-order valence-corrected chi connectivity index (χ3v) is 4.32. The molecule has 1 aromatic heterocycles. The molecule has 0 radical (unpaired) electrons. The van der Waals surface area contributed by atoms with Crippen LogP contribution in [0.25, 0.3) is 0 Å². The van der Waals surface area contributed by atoms with E-state index in [1.807, 2.05) is 48.7 Å². The number of carbonyl (C=O) groups excluding carboxylic acids is 1. The maximum atomic E-state index is 12.2. The Morgan fingerprint density at radius 1 is 1.30 bits per heavy atom. The van der Waals surface area contributed by atoms with Crippen molar-refractivity contribution in [3.63, 3.8) is 0 Å². The highest BCUT2D eigenvalue weighted by molar-refractivity contribution is 7.10. The van der Waals surface area contributed by atoms with Gasteiger partial charge in [-0.1, -0.05) is 30.3 Å². The first-order chi connectivity index (χ1) is 9.58. The maximum absolute atomic E-state index is 12.2. The van der Waals surface area contributed by atoms with Crippen molar-refractivity contribution >= 4 is 17.2 Å². The van der Waals surface area contributed by atoms with Crippen LogP contribution in [-0.2, 0) is 11.2 Å². The summed E-state index contributed by atoms with van der Waals surface area (Å²) in [6.45, 7) is 2.33. The molecule has 2 aromatic rings. The zero-order chi connectivity index (χ0) is 14.5. The average Bonchev–Trinajstić information content (AvgIpc) is 2.95. The predicted octanol–water partition coefficient (Wildman–Crippen LogP) is 2.79. The zero-order valence-electron chi connectivity index (χ0n) is 11.7. The third kappa shape index (κ3) is 3.68. The summed E-state index contributed by atoms with van der Waals surface area (Å²) in [7, 11) is 1.73. The highest BCUT2D eigenvalue weighted by Gasteiger charge is 2.16. The van der Waals surface area contributed by atoms with E-state index in [-0.39, 0.29) is 5.91 Å². The number of thiophene rings is 1. The van der Waals surface area contributed by atoms with E-state index in [2.05, 4.69) is 0 Å². The fourth-order valence-electron chi connectivity index (χ4n) is 2.04. The largest absolute Gasteiger partial charge is 0.386 e. The molecule has 0 spiro atoms. The van der Waals surface area contributed by atoms with Gasteiger partial charge in [0.1, 0.15) is 6.10 Å². The Hall–Kier alpha value is -1.65. The van der Waals surface area contributed by atoms with E-state index < -0.39 is 6.10 Å². The van der Waals surface area contributed by atoms with Gasteiger partial charge in [0, 0.05) is 11.9 Å². The molecule has 1 unspecified atom stereocenters. The second-order valence-corrected chi connectivity index (χ2v) is 5.89. The Bertz CT molecular complexity index is 566. The van der Waals surface area contributed by atoms with Crippen LogP contribution < -0.4 is 0 Å². The van der Waals surface area contributed by atoms with Gasteiger partial charge < -0.3 is 10.0 Å². The number of hydrogen-bond acceptors (Lipinski definition) is 3. The summed E-state index contributed by atoms with van der Waals surface area (Å²) in [5.74, 6) is 0.0231. The van der Waals surface area contributed by atoms with Crippen LogP contribution in [0, 0.1) is 6.92 Å². The number of aliphatic hydroxyl groups is 1. The lowest BCUT2D eigenvalue weighted by molar-refractivity contribution is -0.130. The van der Waals surface area contributed by atoms with Gasteiger partial charge >= 0.3 is 0 Å². The minimum atomic E-state index is -0.610. The minimum Gasteiger partial charge on any atom is -0.386 e. The molecule has 1 atom stereocenters. The lowest BCUT2D eigenvalue weighted by Crippen LogP contribution is -2.32. The first kappa shape index (κ1) is 14.8. The first-order valence-corrected chi connectivity index (χ1v) is 7.46. The van der Waals surface area contributed by atoms with E-state index in [1.165, 1.54) is 11.3 Å². The Morgan fingerprint density at radius 3 is 2.70 bits per heavy atom. The van der Waals surface area contributed by atoms with Crippen molar-refractivity contribution in [1.29, 1.82) is 0 Å². The van der Waals surface area contributed by atoms with E-state index in [0.717, 1.165) is 16.0 Å². The van der Waals surface area contributed by atoms with Crippen LogP contribution in [0.3, 0.4) is 0 Å². The van der Waals surface area contributed by atoms with Gasteiger partial charge in [0.15, 0.2) is 0 Å². The van der Waals surface area contributed by atoms with E-state index in [4.69, 9.17) is 0 Å². The molecule has 0 fully saturated rings. The van der Waals surface area contributed by atoms with E-state index in [9.17, 15) is 9.90 Å². The number of nitrogens with zero attached hydrogens (tertiary/aromatic N) is 1. The van der Waals surface area contributed by atoms with Crippen molar-refractivity contribution in [3.8, 4) is 0 Å². The summed E-state index contributed by atoms with van der Waals surface area (Å²) in [6, 6.07) is 11.7. The molecule has 1 N–H and O–H groups in total. The fourth-order valence-corrected chi connectivity index (χ4v) is 2.74. The second-order valence-electron chi connectivity index (χ2n) is 4.91. The molecule has 4 heteroatoms. The van der Waals surface area contributed by atoms with Gasteiger partial charge in [-0.15, -0.1) is 11.3 Å². The normalized spacial score (nSPS) is 12.2. The Labute approximate surface area is 123 Å². The molecule has 1 heterocycles. The Morgan fingerprint density at radius 2 is 2.05 bits per heavy atom. The number of amides is 1. The molecule has 20 heavy (non-hydrogen) atoms. The Kier molecular flexibility index (Phi) is 4.93. The topological polar surface area (TPSA) is 40.5 Å². The number of hydrogen-bond donors (Lipinski definition) is 1. The molecule has 0 aliphatic carbocycles. The average molecular weight is 289 g/mol. The van der Waals surface area contributed by atoms with Crippen molar-refractivity contribution in [1.82, 2.24) is 4.90 Å². The van der Waals surface area contributed by atoms with E-state index >= 15 is 0 Å². The summed E-state index contributed by atoms with van der Waals surface area (Å²) in [6.07, 6.45) is -0.235. The first-order valence-electron chi connectivity index (χ1n) is 6.58. The molecule has 0 saturated carbocycles. The summed E-state index contributed by atoms with van der Waals surface area (Å²) in [5.41, 5.74) is 2.16. The van der Waals surface area contributed by atoms with Gasteiger partial charge in [0.25, 0.3) is 0 Å². The summed E-state index contributed by atoms with van der Waals surface area (Å²) in [4.78, 5) is 14.7. The number of carbonyl (C=O) groups is 1. The number of benzene rings is 1. The lowest BCUT2D eigenvalue weighted by Gasteiger charge is -2.20. The second kappa shape index (κ2) is 6.68. The van der Waals surface area contributed by atoms with Crippen LogP contribution in [0.15, 0.2) is 41.8 Å². The Balaban J connectivity index is 1.94. The van der Waals surface area contributed by atoms with Gasteiger partial charge in [-0.25, -0.2) is 0 Å². The van der Waals surface area contributed by atoms with Crippen LogP contribution in [0.2, 0.25) is 0 Å². The molecule has 1 amide bonds. The lowest BCUT2D eigenvalue weighted by atomic mass is 10.1. The number of likely N-dealkylation sites (N-methyl/N-ethyl adjacent to an activating group) is 1. The standard InChI is InChI=1S/C16H19NO2S/c1-12-6-3-4-7-13(12)10-16(19)17(2)11-14(18)15-8-5-9-20-15/h3-9,14,18H,10-11H2,1-2H3. The molecule has 106 valence electrons. The number of rotatable bonds is 5. The molecular weight excluding hydrogens is 270 g/mol. The fraction of sp³-hybridized carbons (Fsp3) is 0.312. The summed E-state index contributed by atoms with van der Waals surface area (Å²) in [5, 5.41) is 12.0. The van der Waals surface area contributed by atoms with Crippen LogP contribution in [-0.4, -0.2) is 29.5 Å². The molecular formula is C16H19NO2S. The van der Waals surface area contributed by atoms with Gasteiger partial charge in [-0.05, 0) is 29.5 Å². The number of aliphatic hydroxyl groups excluding tert-OH is 1. The molecule has 0 aliphatic rings. The minimum absolute atomic E-state index is 0.0231. The van der Waals surface area contributed by atoms with Crippen LogP contribution >= 0.6 is 11.3 Å². The highest BCUT2D eigenvalue weighted by Crippen LogP contribution is 2.19. The predicted molar refractivity (Wildman–Crippen MR) is 81.8 cm³/mol. The van der Waals surface area contributed by atoms with Crippen molar-refractivity contribution in [2.45, 2.75) is 19.4 Å². The zero-order valence-corrected chi connectivity index (χ0v) is 12.6. The van der Waals surface area contributed by atoms with Gasteiger partial charge in [0.2, 0.25) is 5.91 Å².